The van der Waals surface area contributed by atoms with Crippen molar-refractivity contribution < 1.29 is 14.3 Å². The van der Waals surface area contributed by atoms with Gasteiger partial charge in [0.15, 0.2) is 0 Å². The van der Waals surface area contributed by atoms with Crippen molar-refractivity contribution in [3.8, 4) is 11.6 Å². The van der Waals surface area contributed by atoms with Crippen LogP contribution in [0.25, 0.3) is 11.8 Å². The number of ether oxygens (including phenoxy) is 1. The highest BCUT2D eigenvalue weighted by Crippen LogP contribution is 2.23. The van der Waals surface area contributed by atoms with Gasteiger partial charge in [-0.2, -0.15) is 5.10 Å². The summed E-state index contributed by atoms with van der Waals surface area (Å²) < 4.78 is 6.77. The third-order valence-electron chi connectivity index (χ3n) is 7.90. The maximum absolute atomic E-state index is 14.5. The Morgan fingerprint density at radius 3 is 2.40 bits per heavy atom. The normalized spacial score (nSPS) is 13.3. The van der Waals surface area contributed by atoms with Gasteiger partial charge in [0.25, 0.3) is 0 Å². The van der Waals surface area contributed by atoms with E-state index in [1.54, 1.807) is 34.1 Å². The summed E-state index contributed by atoms with van der Waals surface area (Å²) in [7, 11) is 1.52. The van der Waals surface area contributed by atoms with E-state index in [0.717, 1.165) is 28.8 Å². The fraction of sp³-hybridized carbons (Fsp3) is 0.200. The molecule has 1 aliphatic rings. The standard InChI is InChI=1S/C35H33N7O3/c1-45-33-17-13-30(38-39-33)14-18-34(43)41(22-27-11-15-31(16-12-27)42-25-36-24-37-42)32(21-26-7-3-2-4-8-26)35(44)40-20-19-28-9-5-6-10-29(28)23-40/h2-18,24-25,32H,19-23H2,1H3/t32-/m0/s1. The smallest absolute Gasteiger partial charge is 0.247 e. The Morgan fingerprint density at radius 2 is 1.69 bits per heavy atom. The highest BCUT2D eigenvalue weighted by Gasteiger charge is 2.34. The highest BCUT2D eigenvalue weighted by molar-refractivity contribution is 5.95. The second-order valence-electron chi connectivity index (χ2n) is 10.8. The lowest BCUT2D eigenvalue weighted by atomic mass is 9.97. The Morgan fingerprint density at radius 1 is 0.911 bits per heavy atom. The average Bonchev–Trinajstić information content (AvgIpc) is 3.64. The minimum atomic E-state index is -0.744. The molecule has 2 aromatic heterocycles. The van der Waals surface area contributed by atoms with Crippen LogP contribution < -0.4 is 4.74 Å². The van der Waals surface area contributed by atoms with E-state index in [4.69, 9.17) is 4.74 Å². The van der Waals surface area contributed by atoms with Gasteiger partial charge in [0.1, 0.15) is 18.7 Å². The zero-order valence-electron chi connectivity index (χ0n) is 24.9. The van der Waals surface area contributed by atoms with Crippen molar-refractivity contribution in [2.24, 2.45) is 0 Å². The van der Waals surface area contributed by atoms with Gasteiger partial charge in [-0.25, -0.2) is 9.67 Å². The summed E-state index contributed by atoms with van der Waals surface area (Å²) in [6.45, 7) is 1.32. The Labute approximate surface area is 261 Å². The lowest BCUT2D eigenvalue weighted by molar-refractivity contribution is -0.144. The molecule has 0 unspecified atom stereocenters. The van der Waals surface area contributed by atoms with Gasteiger partial charge in [-0.1, -0.05) is 66.7 Å². The Bertz CT molecular complexity index is 1760. The number of carbonyl (C=O) groups is 2. The van der Waals surface area contributed by atoms with Crippen LogP contribution in [-0.4, -0.2) is 66.3 Å². The fourth-order valence-electron chi connectivity index (χ4n) is 5.48. The number of nitrogens with zero attached hydrogens (tertiary/aromatic N) is 7. The number of benzene rings is 3. The molecule has 5 aromatic rings. The van der Waals surface area contributed by atoms with Crippen molar-refractivity contribution in [2.45, 2.75) is 32.0 Å². The van der Waals surface area contributed by atoms with Crippen LogP contribution >= 0.6 is 0 Å². The van der Waals surface area contributed by atoms with Crippen molar-refractivity contribution in [1.82, 2.24) is 34.8 Å². The monoisotopic (exact) mass is 599 g/mol. The number of hydrogen-bond donors (Lipinski definition) is 0. The molecule has 0 aliphatic carbocycles. The van der Waals surface area contributed by atoms with Gasteiger partial charge < -0.3 is 14.5 Å². The van der Waals surface area contributed by atoms with E-state index in [9.17, 15) is 9.59 Å². The quantitative estimate of drug-likeness (QED) is 0.220. The first-order chi connectivity index (χ1) is 22.1. The average molecular weight is 600 g/mol. The van der Waals surface area contributed by atoms with Gasteiger partial charge in [-0.05, 0) is 52.9 Å². The largest absolute Gasteiger partial charge is 0.480 e. The van der Waals surface area contributed by atoms with E-state index < -0.39 is 6.04 Å². The molecule has 10 nitrogen and oxygen atoms in total. The summed E-state index contributed by atoms with van der Waals surface area (Å²) >= 11 is 0. The summed E-state index contributed by atoms with van der Waals surface area (Å²) in [5.74, 6) is -0.00990. The zero-order chi connectivity index (χ0) is 31.0. The minimum Gasteiger partial charge on any atom is -0.480 e. The number of hydrogen-bond acceptors (Lipinski definition) is 7. The Hall–Kier alpha value is -5.64. The number of aromatic nitrogens is 5. The van der Waals surface area contributed by atoms with Gasteiger partial charge in [0.05, 0.1) is 18.5 Å². The van der Waals surface area contributed by atoms with Crippen LogP contribution in [0.2, 0.25) is 0 Å². The van der Waals surface area contributed by atoms with Crippen LogP contribution in [0.4, 0.5) is 0 Å². The van der Waals surface area contributed by atoms with Gasteiger partial charge in [0.2, 0.25) is 17.7 Å². The summed E-state index contributed by atoms with van der Waals surface area (Å²) in [4.78, 5) is 36.1. The predicted molar refractivity (Wildman–Crippen MR) is 169 cm³/mol. The molecular formula is C35H33N7O3. The summed E-state index contributed by atoms with van der Waals surface area (Å²) in [5.41, 5.74) is 5.58. The van der Waals surface area contributed by atoms with Crippen LogP contribution in [-0.2, 0) is 35.5 Å². The molecule has 3 aromatic carbocycles. The third-order valence-corrected chi connectivity index (χ3v) is 7.90. The first-order valence-corrected chi connectivity index (χ1v) is 14.8. The highest BCUT2D eigenvalue weighted by atomic mass is 16.5. The molecule has 10 heteroatoms. The van der Waals surface area contributed by atoms with Gasteiger partial charge >= 0.3 is 0 Å². The van der Waals surface area contributed by atoms with Crippen LogP contribution in [0.5, 0.6) is 5.88 Å². The maximum Gasteiger partial charge on any atom is 0.247 e. The summed E-state index contributed by atoms with van der Waals surface area (Å²) in [6, 6.07) is 28.4. The van der Waals surface area contributed by atoms with Crippen LogP contribution in [0.3, 0.4) is 0 Å². The first-order valence-electron chi connectivity index (χ1n) is 14.8. The topological polar surface area (TPSA) is 106 Å². The predicted octanol–water partition coefficient (Wildman–Crippen LogP) is 4.30. The molecule has 0 N–H and O–H groups in total. The molecule has 45 heavy (non-hydrogen) atoms. The van der Waals surface area contributed by atoms with Gasteiger partial charge in [-0.3, -0.25) is 9.59 Å². The molecule has 0 saturated heterocycles. The van der Waals surface area contributed by atoms with Crippen LogP contribution in [0.1, 0.15) is 27.9 Å². The molecule has 0 bridgehead atoms. The molecule has 3 heterocycles. The lowest BCUT2D eigenvalue weighted by Crippen LogP contribution is -2.52. The van der Waals surface area contributed by atoms with Gasteiger partial charge in [-0.15, -0.1) is 10.2 Å². The number of amides is 2. The first kappa shape index (κ1) is 29.4. The van der Waals surface area contributed by atoms with Crippen molar-refractivity contribution in [1.29, 1.82) is 0 Å². The number of rotatable bonds is 10. The van der Waals surface area contributed by atoms with E-state index in [0.29, 0.717) is 31.1 Å². The molecule has 1 atom stereocenters. The summed E-state index contributed by atoms with van der Waals surface area (Å²) in [6.07, 6.45) is 7.31. The van der Waals surface area contributed by atoms with E-state index in [1.807, 2.05) is 71.6 Å². The molecule has 0 fully saturated rings. The van der Waals surface area contributed by atoms with Crippen LogP contribution in [0.15, 0.2) is 110 Å². The Kier molecular flexibility index (Phi) is 9.01. The molecule has 2 amide bonds. The van der Waals surface area contributed by atoms with Crippen LogP contribution in [0, 0.1) is 0 Å². The number of fused-ring (bicyclic) bond motifs is 1. The van der Waals surface area contributed by atoms with Crippen molar-refractivity contribution >= 4 is 17.9 Å². The molecular weight excluding hydrogens is 566 g/mol. The maximum atomic E-state index is 14.5. The zero-order valence-corrected chi connectivity index (χ0v) is 24.9. The number of carbonyl (C=O) groups excluding carboxylic acids is 2. The van der Waals surface area contributed by atoms with Crippen molar-refractivity contribution in [3.05, 3.63) is 138 Å². The molecule has 0 spiro atoms. The molecule has 6 rings (SSSR count). The fourth-order valence-corrected chi connectivity index (χ4v) is 5.48. The van der Waals surface area contributed by atoms with E-state index in [-0.39, 0.29) is 18.4 Å². The molecule has 0 saturated carbocycles. The number of methoxy groups -OCH3 is 1. The second-order valence-corrected chi connectivity index (χ2v) is 10.8. The van der Waals surface area contributed by atoms with Crippen molar-refractivity contribution in [2.75, 3.05) is 13.7 Å². The molecule has 226 valence electrons. The Balaban J connectivity index is 1.33. The second kappa shape index (κ2) is 13.8. The minimum absolute atomic E-state index is 0.0846. The molecule has 1 aliphatic heterocycles. The van der Waals surface area contributed by atoms with Crippen molar-refractivity contribution in [3.63, 3.8) is 0 Å². The molecule has 0 radical (unpaired) electrons. The lowest BCUT2D eigenvalue weighted by Gasteiger charge is -2.36. The van der Waals surface area contributed by atoms with E-state index >= 15 is 0 Å². The van der Waals surface area contributed by atoms with Gasteiger partial charge in [0, 0.05) is 38.2 Å². The summed E-state index contributed by atoms with van der Waals surface area (Å²) in [5, 5.41) is 12.3. The third kappa shape index (κ3) is 7.13. The van der Waals surface area contributed by atoms with E-state index in [2.05, 4.69) is 32.4 Å². The van der Waals surface area contributed by atoms with E-state index in [1.165, 1.54) is 25.1 Å². The SMILES string of the molecule is COc1ccc(C=CC(=O)N(Cc2ccc(-n3cncn3)cc2)[C@@H](Cc2ccccc2)C(=O)N2CCc3ccccc3C2)nn1.